The second kappa shape index (κ2) is 7.01. The standard InChI is InChI=1S/C12H21N3OS/c1-10-14-15-12(16-10)17-8-7-13-9-11-5-3-2-4-6-11/h11,13H,2-9H2,1H3. The van der Waals surface area contributed by atoms with Crippen LogP contribution in [0.2, 0.25) is 0 Å². The summed E-state index contributed by atoms with van der Waals surface area (Å²) in [7, 11) is 0. The molecule has 0 bridgehead atoms. The third-order valence-electron chi connectivity index (χ3n) is 3.17. The van der Waals surface area contributed by atoms with Gasteiger partial charge in [-0.25, -0.2) is 0 Å². The van der Waals surface area contributed by atoms with Crippen molar-refractivity contribution in [1.29, 1.82) is 0 Å². The maximum atomic E-state index is 5.29. The fourth-order valence-corrected chi connectivity index (χ4v) is 2.94. The van der Waals surface area contributed by atoms with Crippen LogP contribution in [0, 0.1) is 12.8 Å². The van der Waals surface area contributed by atoms with Crippen LogP contribution in [0.15, 0.2) is 9.64 Å². The van der Waals surface area contributed by atoms with Gasteiger partial charge in [0.2, 0.25) is 5.89 Å². The van der Waals surface area contributed by atoms with Crippen LogP contribution in [0.1, 0.15) is 38.0 Å². The van der Waals surface area contributed by atoms with Crippen molar-refractivity contribution in [3.63, 3.8) is 0 Å². The summed E-state index contributed by atoms with van der Waals surface area (Å²) >= 11 is 1.63. The van der Waals surface area contributed by atoms with E-state index in [1.165, 1.54) is 38.6 Å². The van der Waals surface area contributed by atoms with Crippen molar-refractivity contribution >= 4 is 11.8 Å². The Morgan fingerprint density at radius 2 is 2.12 bits per heavy atom. The van der Waals surface area contributed by atoms with Crippen LogP contribution in [-0.2, 0) is 0 Å². The highest BCUT2D eigenvalue weighted by atomic mass is 32.2. The molecule has 0 saturated heterocycles. The minimum Gasteiger partial charge on any atom is -0.416 e. The molecule has 1 saturated carbocycles. The first-order valence-electron chi connectivity index (χ1n) is 6.48. The van der Waals surface area contributed by atoms with Gasteiger partial charge in [0, 0.05) is 19.2 Å². The lowest BCUT2D eigenvalue weighted by Crippen LogP contribution is -2.26. The fourth-order valence-electron chi connectivity index (χ4n) is 2.24. The summed E-state index contributed by atoms with van der Waals surface area (Å²) in [6, 6.07) is 0. The first kappa shape index (κ1) is 12.9. The molecule has 0 spiro atoms. The molecule has 0 radical (unpaired) electrons. The number of thioether (sulfide) groups is 1. The van der Waals surface area contributed by atoms with E-state index in [9.17, 15) is 0 Å². The van der Waals surface area contributed by atoms with Gasteiger partial charge in [-0.1, -0.05) is 31.0 Å². The summed E-state index contributed by atoms with van der Waals surface area (Å²) in [5.74, 6) is 2.54. The van der Waals surface area contributed by atoms with Gasteiger partial charge in [0.25, 0.3) is 5.22 Å². The van der Waals surface area contributed by atoms with E-state index in [0.29, 0.717) is 11.1 Å². The van der Waals surface area contributed by atoms with E-state index in [1.807, 2.05) is 6.92 Å². The summed E-state index contributed by atoms with van der Waals surface area (Å²) in [5.41, 5.74) is 0. The van der Waals surface area contributed by atoms with Gasteiger partial charge in [-0.15, -0.1) is 10.2 Å². The molecule has 5 heteroatoms. The van der Waals surface area contributed by atoms with Crippen molar-refractivity contribution in [2.75, 3.05) is 18.8 Å². The average Bonchev–Trinajstić information content (AvgIpc) is 2.76. The molecule has 1 N–H and O–H groups in total. The predicted molar refractivity (Wildman–Crippen MR) is 69.2 cm³/mol. The molecule has 1 heterocycles. The second-order valence-corrected chi connectivity index (χ2v) is 5.69. The molecule has 2 rings (SSSR count). The van der Waals surface area contributed by atoms with Crippen LogP contribution in [0.3, 0.4) is 0 Å². The van der Waals surface area contributed by atoms with E-state index in [0.717, 1.165) is 18.2 Å². The lowest BCUT2D eigenvalue weighted by molar-refractivity contribution is 0.345. The van der Waals surface area contributed by atoms with E-state index in [2.05, 4.69) is 15.5 Å². The molecule has 96 valence electrons. The fraction of sp³-hybridized carbons (Fsp3) is 0.833. The molecule has 1 aliphatic rings. The lowest BCUT2D eigenvalue weighted by atomic mass is 9.89. The molecule has 1 fully saturated rings. The van der Waals surface area contributed by atoms with E-state index in [4.69, 9.17) is 4.42 Å². The highest BCUT2D eigenvalue weighted by Gasteiger charge is 2.12. The van der Waals surface area contributed by atoms with E-state index < -0.39 is 0 Å². The van der Waals surface area contributed by atoms with Gasteiger partial charge in [-0.05, 0) is 25.3 Å². The van der Waals surface area contributed by atoms with Gasteiger partial charge in [0.15, 0.2) is 0 Å². The van der Waals surface area contributed by atoms with Crippen molar-refractivity contribution < 1.29 is 4.42 Å². The summed E-state index contributed by atoms with van der Waals surface area (Å²) in [4.78, 5) is 0. The van der Waals surface area contributed by atoms with Gasteiger partial charge in [0.05, 0.1) is 0 Å². The molecule has 1 aromatic rings. The lowest BCUT2D eigenvalue weighted by Gasteiger charge is -2.21. The zero-order valence-electron chi connectivity index (χ0n) is 10.4. The summed E-state index contributed by atoms with van der Waals surface area (Å²) in [5, 5.41) is 12.0. The van der Waals surface area contributed by atoms with E-state index >= 15 is 0 Å². The Kier molecular flexibility index (Phi) is 5.32. The highest BCUT2D eigenvalue weighted by Crippen LogP contribution is 2.22. The SMILES string of the molecule is Cc1nnc(SCCNCC2CCCCC2)o1. The van der Waals surface area contributed by atoms with Gasteiger partial charge in [-0.2, -0.15) is 0 Å². The monoisotopic (exact) mass is 255 g/mol. The molecular formula is C12H21N3OS. The van der Waals surface area contributed by atoms with Crippen molar-refractivity contribution in [1.82, 2.24) is 15.5 Å². The smallest absolute Gasteiger partial charge is 0.276 e. The Bertz CT molecular complexity index is 323. The first-order chi connectivity index (χ1) is 8.34. The van der Waals surface area contributed by atoms with Gasteiger partial charge >= 0.3 is 0 Å². The number of aromatic nitrogens is 2. The summed E-state index contributed by atoms with van der Waals surface area (Å²) < 4.78 is 5.29. The van der Waals surface area contributed by atoms with Crippen LogP contribution in [0.5, 0.6) is 0 Å². The number of nitrogens with zero attached hydrogens (tertiary/aromatic N) is 2. The van der Waals surface area contributed by atoms with Gasteiger partial charge < -0.3 is 9.73 Å². The zero-order valence-corrected chi connectivity index (χ0v) is 11.3. The maximum absolute atomic E-state index is 5.29. The topological polar surface area (TPSA) is 51.0 Å². The Balaban J connectivity index is 1.51. The van der Waals surface area contributed by atoms with Crippen LogP contribution < -0.4 is 5.32 Å². The number of rotatable bonds is 6. The second-order valence-electron chi connectivity index (χ2n) is 4.64. The number of hydrogen-bond acceptors (Lipinski definition) is 5. The van der Waals surface area contributed by atoms with Crippen LogP contribution >= 0.6 is 11.8 Å². The maximum Gasteiger partial charge on any atom is 0.276 e. The quantitative estimate of drug-likeness (QED) is 0.625. The normalized spacial score (nSPS) is 17.5. The Morgan fingerprint density at radius 1 is 1.29 bits per heavy atom. The minimum absolute atomic E-state index is 0.641. The van der Waals surface area contributed by atoms with Crippen molar-refractivity contribution in [3.05, 3.63) is 5.89 Å². The van der Waals surface area contributed by atoms with Crippen LogP contribution in [0.25, 0.3) is 0 Å². The molecule has 0 aromatic carbocycles. The summed E-state index contributed by atoms with van der Waals surface area (Å²) in [6.07, 6.45) is 7.08. The molecule has 4 nitrogen and oxygen atoms in total. The zero-order chi connectivity index (χ0) is 11.9. The van der Waals surface area contributed by atoms with Crippen molar-refractivity contribution in [2.24, 2.45) is 5.92 Å². The van der Waals surface area contributed by atoms with Crippen molar-refractivity contribution in [3.8, 4) is 0 Å². The Labute approximate surface area is 107 Å². The van der Waals surface area contributed by atoms with Crippen LogP contribution in [0.4, 0.5) is 0 Å². The van der Waals surface area contributed by atoms with Crippen molar-refractivity contribution in [2.45, 2.75) is 44.3 Å². The highest BCUT2D eigenvalue weighted by molar-refractivity contribution is 7.99. The third kappa shape index (κ3) is 4.68. The average molecular weight is 255 g/mol. The molecule has 0 atom stereocenters. The van der Waals surface area contributed by atoms with Gasteiger partial charge in [-0.3, -0.25) is 0 Å². The molecule has 1 aliphatic carbocycles. The van der Waals surface area contributed by atoms with E-state index in [-0.39, 0.29) is 0 Å². The predicted octanol–water partition coefficient (Wildman–Crippen LogP) is 2.64. The molecular weight excluding hydrogens is 234 g/mol. The molecule has 17 heavy (non-hydrogen) atoms. The first-order valence-corrected chi connectivity index (χ1v) is 7.47. The molecule has 0 amide bonds. The largest absolute Gasteiger partial charge is 0.416 e. The third-order valence-corrected chi connectivity index (χ3v) is 3.99. The molecule has 1 aromatic heterocycles. The Hall–Kier alpha value is -0.550. The molecule has 0 unspecified atom stereocenters. The Morgan fingerprint density at radius 3 is 2.82 bits per heavy atom. The number of aryl methyl sites for hydroxylation is 1. The van der Waals surface area contributed by atoms with E-state index in [1.54, 1.807) is 11.8 Å². The minimum atomic E-state index is 0.641. The van der Waals surface area contributed by atoms with Crippen LogP contribution in [-0.4, -0.2) is 29.0 Å². The number of hydrogen-bond donors (Lipinski definition) is 1. The van der Waals surface area contributed by atoms with Gasteiger partial charge in [0.1, 0.15) is 0 Å². The number of nitrogens with one attached hydrogen (secondary N) is 1. The molecule has 0 aliphatic heterocycles. The summed E-state index contributed by atoms with van der Waals surface area (Å²) in [6.45, 7) is 4.00.